The van der Waals surface area contributed by atoms with E-state index in [1.807, 2.05) is 19.1 Å². The van der Waals surface area contributed by atoms with Crippen LogP contribution < -0.4 is 15.3 Å². The van der Waals surface area contributed by atoms with Gasteiger partial charge in [-0.1, -0.05) is 30.3 Å². The van der Waals surface area contributed by atoms with Crippen molar-refractivity contribution in [1.82, 2.24) is 5.43 Å². The first-order valence-corrected chi connectivity index (χ1v) is 7.30. The highest BCUT2D eigenvalue weighted by Gasteiger charge is 2.07. The molecule has 1 N–H and O–H groups in total. The summed E-state index contributed by atoms with van der Waals surface area (Å²) in [4.78, 5) is 22.6. The van der Waals surface area contributed by atoms with Crippen LogP contribution in [0.3, 0.4) is 0 Å². The minimum absolute atomic E-state index is 0.295. The predicted molar refractivity (Wildman–Crippen MR) is 87.8 cm³/mol. The molecule has 0 spiro atoms. The van der Waals surface area contributed by atoms with Gasteiger partial charge < -0.3 is 14.6 Å². The van der Waals surface area contributed by atoms with Crippen LogP contribution in [-0.2, 0) is 4.79 Å². The van der Waals surface area contributed by atoms with E-state index in [0.717, 1.165) is 5.56 Å². The first-order valence-electron chi connectivity index (χ1n) is 7.30. The fourth-order valence-corrected chi connectivity index (χ4v) is 2.04. The summed E-state index contributed by atoms with van der Waals surface area (Å²) in [5.41, 5.74) is 5.20. The number of carboxylic acid groups (broad SMARTS) is 1. The van der Waals surface area contributed by atoms with Gasteiger partial charge in [-0.25, -0.2) is 5.43 Å². The smallest absolute Gasteiger partial charge is 0.271 e. The zero-order valence-electron chi connectivity index (χ0n) is 13.4. The Morgan fingerprint density at radius 2 is 1.92 bits per heavy atom. The van der Waals surface area contributed by atoms with Crippen molar-refractivity contribution < 1.29 is 19.4 Å². The summed E-state index contributed by atoms with van der Waals surface area (Å²) in [5, 5.41) is 14.5. The molecule has 0 aliphatic heterocycles. The molecule has 124 valence electrons. The lowest BCUT2D eigenvalue weighted by molar-refractivity contribution is -0.307. The molecule has 1 amide bonds. The van der Waals surface area contributed by atoms with E-state index >= 15 is 0 Å². The number of hydrogen-bond donors (Lipinski definition) is 1. The summed E-state index contributed by atoms with van der Waals surface area (Å²) in [5.74, 6) is -1.20. The van der Waals surface area contributed by atoms with Gasteiger partial charge in [-0.15, -0.1) is 0 Å². The molecule has 2 aromatic rings. The Kier molecular flexibility index (Phi) is 5.68. The molecule has 0 fully saturated rings. The molecule has 0 unspecified atom stereocenters. The number of nitrogens with one attached hydrogen (secondary N) is 1. The number of nitrogens with zero attached hydrogens (tertiary/aromatic N) is 1. The van der Waals surface area contributed by atoms with Gasteiger partial charge in [0.1, 0.15) is 12.4 Å². The third-order valence-corrected chi connectivity index (χ3v) is 3.32. The lowest BCUT2D eigenvalue weighted by atomic mass is 10.1. The Hall–Kier alpha value is -3.15. The molecular weight excluding hydrogens is 308 g/mol. The Morgan fingerprint density at radius 3 is 2.62 bits per heavy atom. The first kappa shape index (κ1) is 17.2. The highest BCUT2D eigenvalue weighted by atomic mass is 16.5. The molecule has 0 radical (unpaired) electrons. The lowest BCUT2D eigenvalue weighted by Crippen LogP contribution is -2.28. The molecule has 6 heteroatoms. The molecular formula is C18H17N2O4-. The number of carbonyl (C=O) groups is 2. The monoisotopic (exact) mass is 325 g/mol. The van der Waals surface area contributed by atoms with Crippen LogP contribution in [0.1, 0.15) is 28.4 Å². The standard InChI is InChI=1S/C18H18N2O4/c1-12-6-3-4-9-16(12)18(23)20-19-13(2)14-7-5-8-15(10-14)24-11-17(21)22/h3-10H,11H2,1-2H3,(H,20,23)(H,21,22)/p-1/b19-13-. The first-order chi connectivity index (χ1) is 11.5. The Balaban J connectivity index is 2.08. The van der Waals surface area contributed by atoms with Gasteiger partial charge in [-0.05, 0) is 37.6 Å². The second-order valence-electron chi connectivity index (χ2n) is 5.14. The second-order valence-corrected chi connectivity index (χ2v) is 5.14. The average molecular weight is 325 g/mol. The van der Waals surface area contributed by atoms with E-state index in [2.05, 4.69) is 10.5 Å². The van der Waals surface area contributed by atoms with Gasteiger partial charge in [-0.3, -0.25) is 4.79 Å². The number of benzene rings is 2. The van der Waals surface area contributed by atoms with Gasteiger partial charge in [0.15, 0.2) is 0 Å². The topological polar surface area (TPSA) is 90.8 Å². The van der Waals surface area contributed by atoms with E-state index in [-0.39, 0.29) is 5.91 Å². The molecule has 0 aromatic heterocycles. The van der Waals surface area contributed by atoms with Gasteiger partial charge in [0, 0.05) is 11.1 Å². The van der Waals surface area contributed by atoms with Crippen LogP contribution in [0.2, 0.25) is 0 Å². The number of amides is 1. The summed E-state index contributed by atoms with van der Waals surface area (Å²) < 4.78 is 5.06. The van der Waals surface area contributed by atoms with Crippen LogP contribution in [0.25, 0.3) is 0 Å². The van der Waals surface area contributed by atoms with Crippen molar-refractivity contribution in [2.75, 3.05) is 6.61 Å². The number of rotatable bonds is 6. The molecule has 6 nitrogen and oxygen atoms in total. The number of hydrogen-bond acceptors (Lipinski definition) is 5. The fourth-order valence-electron chi connectivity index (χ4n) is 2.04. The van der Waals surface area contributed by atoms with Crippen molar-refractivity contribution in [2.45, 2.75) is 13.8 Å². The van der Waals surface area contributed by atoms with Gasteiger partial charge in [0.25, 0.3) is 5.91 Å². The molecule has 0 saturated carbocycles. The van der Waals surface area contributed by atoms with Gasteiger partial charge in [0.2, 0.25) is 0 Å². The quantitative estimate of drug-likeness (QED) is 0.640. The Bertz CT molecular complexity index is 784. The predicted octanol–water partition coefficient (Wildman–Crippen LogP) is 1.28. The number of ether oxygens (including phenoxy) is 1. The highest BCUT2D eigenvalue weighted by Crippen LogP contribution is 2.14. The Labute approximate surface area is 139 Å². The maximum Gasteiger partial charge on any atom is 0.271 e. The minimum atomic E-state index is -1.30. The number of aryl methyl sites for hydroxylation is 1. The van der Waals surface area contributed by atoms with Crippen molar-refractivity contribution >= 4 is 17.6 Å². The van der Waals surface area contributed by atoms with Crippen molar-refractivity contribution in [3.05, 3.63) is 65.2 Å². The van der Waals surface area contributed by atoms with Gasteiger partial charge in [-0.2, -0.15) is 5.10 Å². The Morgan fingerprint density at radius 1 is 1.17 bits per heavy atom. The van der Waals surface area contributed by atoms with Gasteiger partial charge in [0.05, 0.1) is 11.7 Å². The van der Waals surface area contributed by atoms with E-state index < -0.39 is 12.6 Å². The number of hydrazone groups is 1. The highest BCUT2D eigenvalue weighted by molar-refractivity contribution is 6.01. The normalized spacial score (nSPS) is 11.0. The summed E-state index contributed by atoms with van der Waals surface area (Å²) in [6.07, 6.45) is 0. The van der Waals surface area contributed by atoms with E-state index in [0.29, 0.717) is 22.6 Å². The summed E-state index contributed by atoms with van der Waals surface area (Å²) in [6.45, 7) is 3.06. The van der Waals surface area contributed by atoms with Crippen molar-refractivity contribution in [3.8, 4) is 5.75 Å². The zero-order valence-corrected chi connectivity index (χ0v) is 13.4. The van der Waals surface area contributed by atoms with Crippen LogP contribution >= 0.6 is 0 Å². The second kappa shape index (κ2) is 7.92. The number of aliphatic carboxylic acids is 1. The molecule has 2 rings (SSSR count). The van der Waals surface area contributed by atoms with E-state index in [1.54, 1.807) is 43.3 Å². The fraction of sp³-hybridized carbons (Fsp3) is 0.167. The van der Waals surface area contributed by atoms with Crippen LogP contribution in [0, 0.1) is 6.92 Å². The van der Waals surface area contributed by atoms with Crippen LogP contribution in [0.5, 0.6) is 5.75 Å². The van der Waals surface area contributed by atoms with Gasteiger partial charge >= 0.3 is 0 Å². The maximum absolute atomic E-state index is 12.1. The van der Waals surface area contributed by atoms with Crippen LogP contribution in [0.4, 0.5) is 0 Å². The van der Waals surface area contributed by atoms with Crippen LogP contribution in [-0.4, -0.2) is 24.2 Å². The van der Waals surface area contributed by atoms with Crippen molar-refractivity contribution in [1.29, 1.82) is 0 Å². The zero-order chi connectivity index (χ0) is 17.5. The molecule has 0 bridgehead atoms. The summed E-state index contributed by atoms with van der Waals surface area (Å²) in [6, 6.07) is 14.0. The number of carboxylic acids is 1. The average Bonchev–Trinajstić information content (AvgIpc) is 2.58. The molecule has 0 atom stereocenters. The third kappa shape index (κ3) is 4.67. The lowest BCUT2D eigenvalue weighted by Gasteiger charge is -2.09. The minimum Gasteiger partial charge on any atom is -0.546 e. The molecule has 0 heterocycles. The molecule has 0 saturated heterocycles. The van der Waals surface area contributed by atoms with Crippen molar-refractivity contribution in [3.63, 3.8) is 0 Å². The summed E-state index contributed by atoms with van der Waals surface area (Å²) in [7, 11) is 0. The number of carbonyl (C=O) groups excluding carboxylic acids is 2. The molecule has 0 aliphatic rings. The van der Waals surface area contributed by atoms with Crippen molar-refractivity contribution in [2.24, 2.45) is 5.10 Å². The third-order valence-electron chi connectivity index (χ3n) is 3.32. The van der Waals surface area contributed by atoms with E-state index in [4.69, 9.17) is 4.74 Å². The molecule has 0 aliphatic carbocycles. The largest absolute Gasteiger partial charge is 0.546 e. The van der Waals surface area contributed by atoms with E-state index in [1.165, 1.54) is 0 Å². The van der Waals surface area contributed by atoms with Crippen LogP contribution in [0.15, 0.2) is 53.6 Å². The van der Waals surface area contributed by atoms with E-state index in [9.17, 15) is 14.7 Å². The summed E-state index contributed by atoms with van der Waals surface area (Å²) >= 11 is 0. The molecule has 2 aromatic carbocycles. The maximum atomic E-state index is 12.1. The molecule has 24 heavy (non-hydrogen) atoms. The SMILES string of the molecule is C/C(=N/NC(=O)c1ccccc1C)c1cccc(OCC(=O)[O-])c1.